The Balaban J connectivity index is 1.53. The molecule has 0 spiro atoms. The third-order valence-corrected chi connectivity index (χ3v) is 6.52. The van der Waals surface area contributed by atoms with Crippen LogP contribution in [0.15, 0.2) is 64.2 Å². The summed E-state index contributed by atoms with van der Waals surface area (Å²) in [7, 11) is 0. The van der Waals surface area contributed by atoms with Crippen LogP contribution in [0.2, 0.25) is 5.02 Å². The van der Waals surface area contributed by atoms with Gasteiger partial charge in [0.1, 0.15) is 11.6 Å². The summed E-state index contributed by atoms with van der Waals surface area (Å²) in [6.07, 6.45) is 0. The molecule has 0 saturated heterocycles. The van der Waals surface area contributed by atoms with Crippen molar-refractivity contribution in [1.29, 1.82) is 0 Å². The molecule has 2 N–H and O–H groups in total. The maximum absolute atomic E-state index is 12.8. The van der Waals surface area contributed by atoms with Crippen molar-refractivity contribution < 1.29 is 14.0 Å². The van der Waals surface area contributed by atoms with E-state index in [2.05, 4.69) is 20.6 Å². The first kappa shape index (κ1) is 23.8. The fourth-order valence-corrected chi connectivity index (χ4v) is 4.20. The summed E-state index contributed by atoms with van der Waals surface area (Å²) in [5, 5.41) is 6.93. The SMILES string of the molecule is Cc1oc2nc(SC(C)C(=O)NCc3ccc(Cl)cc3)nc(NC(=O)c3ccccc3)c2c1C. The van der Waals surface area contributed by atoms with Gasteiger partial charge in [0.25, 0.3) is 5.91 Å². The van der Waals surface area contributed by atoms with Crippen LogP contribution in [0, 0.1) is 13.8 Å². The molecule has 9 heteroatoms. The number of hydrogen-bond donors (Lipinski definition) is 2. The van der Waals surface area contributed by atoms with Crippen LogP contribution in [0.3, 0.4) is 0 Å². The number of amides is 2. The Kier molecular flexibility index (Phi) is 7.19. The van der Waals surface area contributed by atoms with Crippen molar-refractivity contribution in [2.45, 2.75) is 37.7 Å². The zero-order valence-corrected chi connectivity index (χ0v) is 20.5. The highest BCUT2D eigenvalue weighted by molar-refractivity contribution is 8.00. The molecule has 0 fully saturated rings. The number of furan rings is 1. The van der Waals surface area contributed by atoms with Gasteiger partial charge < -0.3 is 15.1 Å². The molecule has 0 aliphatic heterocycles. The zero-order chi connectivity index (χ0) is 24.2. The smallest absolute Gasteiger partial charge is 0.256 e. The minimum Gasteiger partial charge on any atom is -0.443 e. The van der Waals surface area contributed by atoms with Crippen molar-refractivity contribution in [3.05, 3.63) is 82.1 Å². The number of carbonyl (C=O) groups excluding carboxylic acids is 2. The van der Waals surface area contributed by atoms with Gasteiger partial charge in [0.15, 0.2) is 5.16 Å². The van der Waals surface area contributed by atoms with E-state index >= 15 is 0 Å². The fourth-order valence-electron chi connectivity index (χ4n) is 3.29. The number of aromatic nitrogens is 2. The molecule has 7 nitrogen and oxygen atoms in total. The number of hydrogen-bond acceptors (Lipinski definition) is 6. The molecule has 0 saturated carbocycles. The number of rotatable bonds is 7. The largest absolute Gasteiger partial charge is 0.443 e. The van der Waals surface area contributed by atoms with Gasteiger partial charge >= 0.3 is 0 Å². The van der Waals surface area contributed by atoms with Gasteiger partial charge in [-0.3, -0.25) is 9.59 Å². The van der Waals surface area contributed by atoms with Crippen LogP contribution < -0.4 is 10.6 Å². The Morgan fingerprint density at radius 2 is 1.76 bits per heavy atom. The number of thioether (sulfide) groups is 1. The summed E-state index contributed by atoms with van der Waals surface area (Å²) in [5.74, 6) is 0.591. The molecule has 2 heterocycles. The van der Waals surface area contributed by atoms with Crippen LogP contribution in [0.1, 0.15) is 34.2 Å². The Bertz CT molecular complexity index is 1340. The van der Waals surface area contributed by atoms with Crippen molar-refractivity contribution in [2.24, 2.45) is 0 Å². The summed E-state index contributed by atoms with van der Waals surface area (Å²) in [6, 6.07) is 16.2. The molecule has 2 amide bonds. The molecule has 1 unspecified atom stereocenters. The highest BCUT2D eigenvalue weighted by Gasteiger charge is 2.22. The van der Waals surface area contributed by atoms with Crippen molar-refractivity contribution in [3.63, 3.8) is 0 Å². The lowest BCUT2D eigenvalue weighted by Crippen LogP contribution is -2.30. The average Bonchev–Trinajstić information content (AvgIpc) is 3.12. The molecular weight excluding hydrogens is 472 g/mol. The summed E-state index contributed by atoms with van der Waals surface area (Å²) in [4.78, 5) is 34.5. The highest BCUT2D eigenvalue weighted by atomic mass is 35.5. The quantitative estimate of drug-likeness (QED) is 0.258. The van der Waals surface area contributed by atoms with Gasteiger partial charge in [-0.15, -0.1) is 0 Å². The molecule has 0 radical (unpaired) electrons. The molecule has 4 rings (SSSR count). The molecule has 2 aromatic carbocycles. The van der Waals surface area contributed by atoms with E-state index in [0.717, 1.165) is 11.1 Å². The van der Waals surface area contributed by atoms with Crippen LogP contribution in [-0.2, 0) is 11.3 Å². The van der Waals surface area contributed by atoms with E-state index in [9.17, 15) is 9.59 Å². The van der Waals surface area contributed by atoms with Crippen molar-refractivity contribution in [3.8, 4) is 0 Å². The highest BCUT2D eigenvalue weighted by Crippen LogP contribution is 2.32. The van der Waals surface area contributed by atoms with E-state index < -0.39 is 5.25 Å². The number of anilines is 1. The van der Waals surface area contributed by atoms with E-state index in [4.69, 9.17) is 16.0 Å². The molecule has 0 aliphatic rings. The predicted molar refractivity (Wildman–Crippen MR) is 134 cm³/mol. The summed E-state index contributed by atoms with van der Waals surface area (Å²) < 4.78 is 5.80. The molecule has 34 heavy (non-hydrogen) atoms. The number of fused-ring (bicyclic) bond motifs is 1. The Labute approximate surface area is 206 Å². The molecule has 174 valence electrons. The van der Waals surface area contributed by atoms with E-state index in [1.807, 2.05) is 32.0 Å². The Hall–Kier alpha value is -3.36. The number of aryl methyl sites for hydroxylation is 2. The van der Waals surface area contributed by atoms with Crippen LogP contribution in [0.5, 0.6) is 0 Å². The van der Waals surface area contributed by atoms with Crippen molar-refractivity contribution in [1.82, 2.24) is 15.3 Å². The first-order chi connectivity index (χ1) is 16.3. The second kappa shape index (κ2) is 10.3. The Morgan fingerprint density at radius 1 is 1.06 bits per heavy atom. The topological polar surface area (TPSA) is 97.1 Å². The van der Waals surface area contributed by atoms with Crippen molar-refractivity contribution >= 4 is 52.1 Å². The number of benzene rings is 2. The van der Waals surface area contributed by atoms with Gasteiger partial charge in [-0.25, -0.2) is 4.98 Å². The van der Waals surface area contributed by atoms with Gasteiger partial charge in [-0.05, 0) is 50.6 Å². The molecule has 0 aliphatic carbocycles. The lowest BCUT2D eigenvalue weighted by Gasteiger charge is -2.12. The van der Waals surface area contributed by atoms with Gasteiger partial charge in [-0.2, -0.15) is 4.98 Å². The normalized spacial score (nSPS) is 11.9. The van der Waals surface area contributed by atoms with Crippen molar-refractivity contribution in [2.75, 3.05) is 5.32 Å². The number of nitrogens with one attached hydrogen (secondary N) is 2. The van der Waals surface area contributed by atoms with Crippen LogP contribution in [0.25, 0.3) is 11.1 Å². The number of carbonyl (C=O) groups is 2. The summed E-state index contributed by atoms with van der Waals surface area (Å²) >= 11 is 7.10. The number of halogens is 1. The maximum Gasteiger partial charge on any atom is 0.256 e. The second-order valence-electron chi connectivity index (χ2n) is 7.74. The average molecular weight is 495 g/mol. The maximum atomic E-state index is 12.8. The first-order valence-electron chi connectivity index (χ1n) is 10.6. The monoisotopic (exact) mass is 494 g/mol. The minimum absolute atomic E-state index is 0.162. The second-order valence-corrected chi connectivity index (χ2v) is 9.49. The summed E-state index contributed by atoms with van der Waals surface area (Å²) in [6.45, 7) is 5.88. The number of nitrogens with zero attached hydrogens (tertiary/aromatic N) is 2. The third kappa shape index (κ3) is 5.40. The lowest BCUT2D eigenvalue weighted by atomic mass is 10.2. The van der Waals surface area contributed by atoms with E-state index in [1.54, 1.807) is 43.3 Å². The fraction of sp³-hybridized carbons (Fsp3) is 0.200. The van der Waals surface area contributed by atoms with E-state index in [0.29, 0.717) is 45.0 Å². The molecule has 1 atom stereocenters. The Morgan fingerprint density at radius 3 is 2.47 bits per heavy atom. The van der Waals surface area contributed by atoms with Gasteiger partial charge in [0, 0.05) is 22.7 Å². The third-order valence-electron chi connectivity index (χ3n) is 5.31. The standard InChI is InChI=1S/C25H23ClN4O3S/c1-14-15(2)33-24-20(14)21(28-23(32)18-7-5-4-6-8-18)29-25(30-24)34-16(3)22(31)27-13-17-9-11-19(26)12-10-17/h4-12,16H,13H2,1-3H3,(H,27,31)(H,28,29,30,32). The predicted octanol–water partition coefficient (Wildman–Crippen LogP) is 5.54. The van der Waals surface area contributed by atoms with Gasteiger partial charge in [0.05, 0.1) is 10.6 Å². The van der Waals surface area contributed by atoms with E-state index in [1.165, 1.54) is 11.8 Å². The van der Waals surface area contributed by atoms with Crippen LogP contribution in [-0.4, -0.2) is 27.0 Å². The minimum atomic E-state index is -0.473. The first-order valence-corrected chi connectivity index (χ1v) is 11.9. The van der Waals surface area contributed by atoms with Crippen LogP contribution >= 0.6 is 23.4 Å². The van der Waals surface area contributed by atoms with Gasteiger partial charge in [0.2, 0.25) is 11.6 Å². The lowest BCUT2D eigenvalue weighted by molar-refractivity contribution is -0.120. The summed E-state index contributed by atoms with van der Waals surface area (Å²) in [5.41, 5.74) is 2.67. The van der Waals surface area contributed by atoms with E-state index in [-0.39, 0.29) is 11.8 Å². The molecular formula is C25H23ClN4O3S. The van der Waals surface area contributed by atoms with Gasteiger partial charge in [-0.1, -0.05) is 53.7 Å². The molecule has 2 aromatic heterocycles. The molecule has 0 bridgehead atoms. The zero-order valence-electron chi connectivity index (χ0n) is 18.9. The molecule has 4 aromatic rings. The van der Waals surface area contributed by atoms with Crippen LogP contribution in [0.4, 0.5) is 5.82 Å².